The molecule has 4 N–H and O–H groups in total. The molecule has 0 saturated carbocycles. The molecule has 0 aliphatic carbocycles. The van der Waals surface area contributed by atoms with Crippen molar-refractivity contribution in [2.24, 2.45) is 0 Å². The Morgan fingerprint density at radius 3 is 2.35 bits per heavy atom. The second-order valence-electron chi connectivity index (χ2n) is 5.11. The Balaban J connectivity index is 3.86. The SMILES string of the molecule is CCCN(CC)CCNC(=O)NCC(C)(O)CC(=O)O. The van der Waals surface area contributed by atoms with Crippen molar-refractivity contribution in [2.75, 3.05) is 32.7 Å². The van der Waals surface area contributed by atoms with Gasteiger partial charge in [-0.25, -0.2) is 4.79 Å². The summed E-state index contributed by atoms with van der Waals surface area (Å²) in [5, 5.41) is 23.5. The summed E-state index contributed by atoms with van der Waals surface area (Å²) in [7, 11) is 0. The van der Waals surface area contributed by atoms with E-state index in [9.17, 15) is 14.7 Å². The first-order valence-electron chi connectivity index (χ1n) is 6.99. The van der Waals surface area contributed by atoms with Gasteiger partial charge in [0.15, 0.2) is 0 Å². The Kier molecular flexibility index (Phi) is 8.91. The van der Waals surface area contributed by atoms with E-state index in [2.05, 4.69) is 29.4 Å². The first kappa shape index (κ1) is 18.7. The molecular formula is C13H27N3O4. The minimum absolute atomic E-state index is 0.0996. The fraction of sp³-hybridized carbons (Fsp3) is 0.846. The van der Waals surface area contributed by atoms with Crippen LogP contribution in [0.1, 0.15) is 33.6 Å². The second-order valence-corrected chi connectivity index (χ2v) is 5.11. The highest BCUT2D eigenvalue weighted by molar-refractivity contribution is 5.74. The summed E-state index contributed by atoms with van der Waals surface area (Å²) in [5.74, 6) is -1.10. The lowest BCUT2D eigenvalue weighted by atomic mass is 10.0. The van der Waals surface area contributed by atoms with Gasteiger partial charge in [-0.15, -0.1) is 0 Å². The van der Waals surface area contributed by atoms with Gasteiger partial charge in [0.2, 0.25) is 0 Å². The van der Waals surface area contributed by atoms with Crippen LogP contribution in [0.3, 0.4) is 0 Å². The molecule has 0 aliphatic heterocycles. The highest BCUT2D eigenvalue weighted by Gasteiger charge is 2.24. The van der Waals surface area contributed by atoms with Gasteiger partial charge in [0.1, 0.15) is 0 Å². The van der Waals surface area contributed by atoms with Crippen LogP contribution in [-0.4, -0.2) is 65.4 Å². The number of carbonyl (C=O) groups excluding carboxylic acids is 1. The third-order valence-corrected chi connectivity index (χ3v) is 2.86. The predicted molar refractivity (Wildman–Crippen MR) is 76.7 cm³/mol. The Bertz CT molecular complexity index is 308. The molecule has 0 bridgehead atoms. The quantitative estimate of drug-likeness (QED) is 0.461. The summed E-state index contributed by atoms with van der Waals surface area (Å²) < 4.78 is 0. The summed E-state index contributed by atoms with van der Waals surface area (Å²) in [4.78, 5) is 24.2. The number of carboxylic acids is 1. The number of hydrogen-bond acceptors (Lipinski definition) is 4. The summed E-state index contributed by atoms with van der Waals surface area (Å²) in [5.41, 5.74) is -1.44. The Morgan fingerprint density at radius 1 is 1.20 bits per heavy atom. The molecule has 0 aliphatic rings. The van der Waals surface area contributed by atoms with E-state index in [1.807, 2.05) is 0 Å². The van der Waals surface area contributed by atoms with E-state index in [0.717, 1.165) is 26.1 Å². The zero-order valence-corrected chi connectivity index (χ0v) is 12.6. The van der Waals surface area contributed by atoms with Crippen LogP contribution in [0.25, 0.3) is 0 Å². The molecule has 0 aromatic rings. The fourth-order valence-corrected chi connectivity index (χ4v) is 1.79. The minimum Gasteiger partial charge on any atom is -0.481 e. The molecule has 2 amide bonds. The van der Waals surface area contributed by atoms with E-state index in [-0.39, 0.29) is 6.54 Å². The Hall–Kier alpha value is -1.34. The summed E-state index contributed by atoms with van der Waals surface area (Å²) in [6.45, 7) is 8.66. The van der Waals surface area contributed by atoms with Crippen molar-refractivity contribution in [3.05, 3.63) is 0 Å². The number of carbonyl (C=O) groups is 2. The highest BCUT2D eigenvalue weighted by atomic mass is 16.4. The number of hydrogen-bond donors (Lipinski definition) is 4. The van der Waals surface area contributed by atoms with Crippen molar-refractivity contribution in [1.29, 1.82) is 0 Å². The Morgan fingerprint density at radius 2 is 1.85 bits per heavy atom. The summed E-state index contributed by atoms with van der Waals surface area (Å²) in [6, 6.07) is -0.400. The van der Waals surface area contributed by atoms with Crippen molar-refractivity contribution in [1.82, 2.24) is 15.5 Å². The van der Waals surface area contributed by atoms with E-state index in [4.69, 9.17) is 5.11 Å². The Labute approximate surface area is 120 Å². The van der Waals surface area contributed by atoms with Crippen LogP contribution in [-0.2, 0) is 4.79 Å². The molecule has 0 heterocycles. The number of carboxylic acid groups (broad SMARTS) is 1. The van der Waals surface area contributed by atoms with Crippen LogP contribution in [0.2, 0.25) is 0 Å². The van der Waals surface area contributed by atoms with E-state index in [1.165, 1.54) is 6.92 Å². The first-order chi connectivity index (χ1) is 9.30. The normalized spacial score (nSPS) is 13.8. The van der Waals surface area contributed by atoms with Gasteiger partial charge in [-0.05, 0) is 26.4 Å². The van der Waals surface area contributed by atoms with E-state index in [1.54, 1.807) is 0 Å². The molecule has 0 aromatic carbocycles. The summed E-state index contributed by atoms with van der Waals surface area (Å²) >= 11 is 0. The van der Waals surface area contributed by atoms with Crippen molar-refractivity contribution < 1.29 is 19.8 Å². The van der Waals surface area contributed by atoms with Crippen molar-refractivity contribution >= 4 is 12.0 Å². The maximum absolute atomic E-state index is 11.5. The zero-order valence-electron chi connectivity index (χ0n) is 12.6. The number of nitrogens with zero attached hydrogens (tertiary/aromatic N) is 1. The zero-order chi connectivity index (χ0) is 15.6. The molecule has 0 aromatic heterocycles. The molecule has 7 heteroatoms. The van der Waals surface area contributed by atoms with Crippen LogP contribution < -0.4 is 10.6 Å². The number of amides is 2. The van der Waals surface area contributed by atoms with Crippen LogP contribution in [0.15, 0.2) is 0 Å². The van der Waals surface area contributed by atoms with Gasteiger partial charge < -0.3 is 25.7 Å². The van der Waals surface area contributed by atoms with Crippen molar-refractivity contribution in [2.45, 2.75) is 39.2 Å². The third-order valence-electron chi connectivity index (χ3n) is 2.86. The van der Waals surface area contributed by atoms with Gasteiger partial charge in [-0.2, -0.15) is 0 Å². The monoisotopic (exact) mass is 289 g/mol. The largest absolute Gasteiger partial charge is 0.481 e. The number of likely N-dealkylation sites (N-methyl/N-ethyl adjacent to an activating group) is 1. The standard InChI is InChI=1S/C13H27N3O4/c1-4-7-16(5-2)8-6-14-12(19)15-10-13(3,20)9-11(17)18/h20H,4-10H2,1-3H3,(H,17,18)(H2,14,15,19). The molecule has 1 atom stereocenters. The molecule has 0 spiro atoms. The number of urea groups is 1. The number of rotatable bonds is 10. The van der Waals surface area contributed by atoms with E-state index < -0.39 is 24.0 Å². The van der Waals surface area contributed by atoms with Crippen LogP contribution >= 0.6 is 0 Å². The molecule has 0 fully saturated rings. The average Bonchev–Trinajstić information content (AvgIpc) is 2.34. The molecule has 0 radical (unpaired) electrons. The van der Waals surface area contributed by atoms with Gasteiger partial charge in [0.25, 0.3) is 0 Å². The molecule has 0 saturated heterocycles. The van der Waals surface area contributed by atoms with Gasteiger partial charge in [-0.1, -0.05) is 13.8 Å². The minimum atomic E-state index is -1.44. The topological polar surface area (TPSA) is 102 Å². The summed E-state index contributed by atoms with van der Waals surface area (Å²) in [6.07, 6.45) is 0.658. The second kappa shape index (κ2) is 9.55. The van der Waals surface area contributed by atoms with Gasteiger partial charge in [0, 0.05) is 19.6 Å². The maximum atomic E-state index is 11.5. The lowest BCUT2D eigenvalue weighted by Gasteiger charge is -2.22. The maximum Gasteiger partial charge on any atom is 0.314 e. The van der Waals surface area contributed by atoms with Crippen molar-refractivity contribution in [3.8, 4) is 0 Å². The predicted octanol–water partition coefficient (Wildman–Crippen LogP) is 0.243. The van der Waals surface area contributed by atoms with E-state index in [0.29, 0.717) is 6.54 Å². The molecule has 118 valence electrons. The van der Waals surface area contributed by atoms with Crippen LogP contribution in [0.5, 0.6) is 0 Å². The molecule has 7 nitrogen and oxygen atoms in total. The molecular weight excluding hydrogens is 262 g/mol. The fourth-order valence-electron chi connectivity index (χ4n) is 1.79. The number of nitrogens with one attached hydrogen (secondary N) is 2. The van der Waals surface area contributed by atoms with Crippen molar-refractivity contribution in [3.63, 3.8) is 0 Å². The van der Waals surface area contributed by atoms with Crippen LogP contribution in [0, 0.1) is 0 Å². The number of aliphatic hydroxyl groups is 1. The smallest absolute Gasteiger partial charge is 0.314 e. The van der Waals surface area contributed by atoms with Gasteiger partial charge >= 0.3 is 12.0 Å². The highest BCUT2D eigenvalue weighted by Crippen LogP contribution is 2.06. The van der Waals surface area contributed by atoms with E-state index >= 15 is 0 Å². The number of aliphatic carboxylic acids is 1. The average molecular weight is 289 g/mol. The van der Waals surface area contributed by atoms with Gasteiger partial charge in [-0.3, -0.25) is 4.79 Å². The first-order valence-corrected chi connectivity index (χ1v) is 6.99. The lowest BCUT2D eigenvalue weighted by molar-refractivity contribution is -0.141. The van der Waals surface area contributed by atoms with Crippen LogP contribution in [0.4, 0.5) is 4.79 Å². The van der Waals surface area contributed by atoms with Gasteiger partial charge in [0.05, 0.1) is 12.0 Å². The molecule has 20 heavy (non-hydrogen) atoms. The molecule has 0 rings (SSSR count). The molecule has 1 unspecified atom stereocenters. The lowest BCUT2D eigenvalue weighted by Crippen LogP contribution is -2.47. The third kappa shape index (κ3) is 9.57.